The van der Waals surface area contributed by atoms with Crippen LogP contribution < -0.4 is 0 Å². The normalized spacial score (nSPS) is 12.5. The number of ether oxygens (including phenoxy) is 1. The molecule has 0 spiro atoms. The van der Waals surface area contributed by atoms with Crippen LogP contribution in [0.1, 0.15) is 17.4 Å². The zero-order valence-electron chi connectivity index (χ0n) is 8.01. The van der Waals surface area contributed by atoms with Crippen molar-refractivity contribution < 1.29 is 14.8 Å². The van der Waals surface area contributed by atoms with E-state index in [9.17, 15) is 15.2 Å². The highest BCUT2D eigenvalue weighted by molar-refractivity contribution is 9.08. The highest BCUT2D eigenvalue weighted by Crippen LogP contribution is 2.30. The zero-order valence-corrected chi connectivity index (χ0v) is 9.60. The van der Waals surface area contributed by atoms with E-state index in [1.54, 1.807) is 12.1 Å². The summed E-state index contributed by atoms with van der Waals surface area (Å²) in [5, 5.41) is 20.7. The van der Waals surface area contributed by atoms with Gasteiger partial charge in [-0.2, -0.15) is 0 Å². The van der Waals surface area contributed by atoms with Crippen molar-refractivity contribution in [2.24, 2.45) is 0 Å². The Morgan fingerprint density at radius 3 is 2.80 bits per heavy atom. The number of hydrogen-bond donors (Lipinski definition) is 1. The minimum absolute atomic E-state index is 0.138. The van der Waals surface area contributed by atoms with Crippen LogP contribution >= 0.6 is 15.9 Å². The Morgan fingerprint density at radius 2 is 2.33 bits per heavy atom. The maximum atomic E-state index is 10.7. The van der Waals surface area contributed by atoms with Crippen molar-refractivity contribution in [2.45, 2.75) is 11.6 Å². The molecule has 0 aliphatic heterocycles. The van der Waals surface area contributed by atoms with Gasteiger partial charge in [0.05, 0.1) is 10.5 Å². The number of nitrogens with zero attached hydrogens (tertiary/aromatic N) is 1. The van der Waals surface area contributed by atoms with E-state index in [-0.39, 0.29) is 11.3 Å². The summed E-state index contributed by atoms with van der Waals surface area (Å²) in [6, 6.07) is 4.60. The first-order chi connectivity index (χ1) is 7.11. The molecule has 1 aromatic carbocycles. The highest BCUT2D eigenvalue weighted by atomic mass is 79.9. The third kappa shape index (κ3) is 2.53. The molecule has 1 N–H and O–H groups in total. The Balaban J connectivity index is 3.33. The van der Waals surface area contributed by atoms with E-state index >= 15 is 0 Å². The predicted molar refractivity (Wildman–Crippen MR) is 57.7 cm³/mol. The van der Waals surface area contributed by atoms with Crippen LogP contribution in [-0.2, 0) is 10.1 Å². The second-order valence-electron chi connectivity index (χ2n) is 2.83. The average molecular weight is 276 g/mol. The van der Waals surface area contributed by atoms with Crippen LogP contribution in [0.15, 0.2) is 18.2 Å². The molecule has 0 aromatic heterocycles. The van der Waals surface area contributed by atoms with Crippen LogP contribution in [0.3, 0.4) is 0 Å². The molecule has 0 bridgehead atoms. The van der Waals surface area contributed by atoms with Gasteiger partial charge in [-0.15, -0.1) is 0 Å². The van der Waals surface area contributed by atoms with Crippen molar-refractivity contribution in [1.29, 1.82) is 0 Å². The molecule has 82 valence electrons. The summed E-state index contributed by atoms with van der Waals surface area (Å²) >= 11 is 3.20. The molecule has 0 heterocycles. The van der Waals surface area contributed by atoms with E-state index in [2.05, 4.69) is 15.9 Å². The Morgan fingerprint density at radius 1 is 1.67 bits per heavy atom. The van der Waals surface area contributed by atoms with Gasteiger partial charge in [-0.05, 0) is 5.56 Å². The fraction of sp³-hybridized carbons (Fsp3) is 0.333. The maximum absolute atomic E-state index is 10.7. The lowest BCUT2D eigenvalue weighted by atomic mass is 10.1. The van der Waals surface area contributed by atoms with Crippen molar-refractivity contribution in [3.63, 3.8) is 0 Å². The van der Waals surface area contributed by atoms with Crippen molar-refractivity contribution in [2.75, 3.05) is 7.11 Å². The third-order valence-electron chi connectivity index (χ3n) is 1.98. The number of aliphatic hydroxyl groups excluding tert-OH is 1. The minimum atomic E-state index is -1.28. The predicted octanol–water partition coefficient (Wildman–Crippen LogP) is 2.13. The van der Waals surface area contributed by atoms with Gasteiger partial charge in [-0.25, -0.2) is 0 Å². The summed E-state index contributed by atoms with van der Waals surface area (Å²) < 4.78 is 4.70. The van der Waals surface area contributed by atoms with E-state index in [1.807, 2.05) is 0 Å². The average Bonchev–Trinajstić information content (AvgIpc) is 2.26. The first kappa shape index (κ1) is 12.1. The van der Waals surface area contributed by atoms with Crippen LogP contribution in [0.2, 0.25) is 0 Å². The first-order valence-corrected chi connectivity index (χ1v) is 5.27. The van der Waals surface area contributed by atoms with E-state index in [0.717, 1.165) is 0 Å². The van der Waals surface area contributed by atoms with Gasteiger partial charge in [0.1, 0.15) is 0 Å². The molecule has 0 aliphatic carbocycles. The summed E-state index contributed by atoms with van der Waals surface area (Å²) in [4.78, 5) is 10.2. The summed E-state index contributed by atoms with van der Waals surface area (Å²) in [5.74, 6) is 0. The molecule has 1 unspecified atom stereocenters. The number of methoxy groups -OCH3 is 1. The lowest BCUT2D eigenvalue weighted by Gasteiger charge is -2.12. The summed E-state index contributed by atoms with van der Waals surface area (Å²) in [5.41, 5.74) is 0.696. The van der Waals surface area contributed by atoms with Gasteiger partial charge in [0.25, 0.3) is 5.69 Å². The molecule has 0 fully saturated rings. The fourth-order valence-electron chi connectivity index (χ4n) is 1.28. The van der Waals surface area contributed by atoms with Gasteiger partial charge in [-0.3, -0.25) is 10.1 Å². The number of rotatable bonds is 4. The smallest absolute Gasteiger partial charge is 0.277 e. The number of alkyl halides is 1. The number of benzene rings is 1. The fourth-order valence-corrected chi connectivity index (χ4v) is 1.77. The van der Waals surface area contributed by atoms with Crippen molar-refractivity contribution >= 4 is 21.6 Å². The lowest BCUT2D eigenvalue weighted by molar-refractivity contribution is -0.387. The summed E-state index contributed by atoms with van der Waals surface area (Å²) in [7, 11) is 1.29. The molecule has 0 radical (unpaired) electrons. The number of nitro groups is 1. The second kappa shape index (κ2) is 5.20. The van der Waals surface area contributed by atoms with E-state index < -0.39 is 11.2 Å². The molecule has 5 nitrogen and oxygen atoms in total. The number of nitro benzene ring substituents is 1. The van der Waals surface area contributed by atoms with Gasteiger partial charge in [0.2, 0.25) is 0 Å². The Bertz CT molecular complexity index is 369. The van der Waals surface area contributed by atoms with Crippen LogP contribution in [0.25, 0.3) is 0 Å². The Kier molecular flexibility index (Phi) is 4.19. The van der Waals surface area contributed by atoms with Crippen LogP contribution in [0.5, 0.6) is 0 Å². The van der Waals surface area contributed by atoms with Crippen LogP contribution in [-0.4, -0.2) is 17.1 Å². The van der Waals surface area contributed by atoms with Gasteiger partial charge >= 0.3 is 0 Å². The molecule has 0 amide bonds. The molecule has 6 heteroatoms. The molecule has 15 heavy (non-hydrogen) atoms. The van der Waals surface area contributed by atoms with Crippen molar-refractivity contribution in [3.8, 4) is 0 Å². The quantitative estimate of drug-likeness (QED) is 0.395. The third-order valence-corrected chi connectivity index (χ3v) is 2.59. The number of hydrogen-bond acceptors (Lipinski definition) is 4. The van der Waals surface area contributed by atoms with Crippen molar-refractivity contribution in [3.05, 3.63) is 39.4 Å². The topological polar surface area (TPSA) is 72.6 Å². The van der Waals surface area contributed by atoms with Crippen LogP contribution in [0, 0.1) is 10.1 Å². The Labute approximate surface area is 95.0 Å². The molecule has 1 rings (SSSR count). The molecule has 0 saturated heterocycles. The van der Waals surface area contributed by atoms with Crippen LogP contribution in [0.4, 0.5) is 5.69 Å². The van der Waals surface area contributed by atoms with E-state index in [4.69, 9.17) is 4.74 Å². The first-order valence-electron chi connectivity index (χ1n) is 4.14. The largest absolute Gasteiger partial charge is 0.364 e. The molecule has 1 aromatic rings. The molecular formula is C9H10BrNO4. The Hall–Kier alpha value is -0.980. The highest BCUT2D eigenvalue weighted by Gasteiger charge is 2.23. The van der Waals surface area contributed by atoms with Crippen molar-refractivity contribution in [1.82, 2.24) is 0 Å². The second-order valence-corrected chi connectivity index (χ2v) is 3.39. The van der Waals surface area contributed by atoms with E-state index in [1.165, 1.54) is 13.2 Å². The maximum Gasteiger partial charge on any atom is 0.277 e. The van der Waals surface area contributed by atoms with E-state index in [0.29, 0.717) is 10.9 Å². The SMILES string of the molecule is COC(O)c1c(CBr)cccc1[N+](=O)[O-]. The number of halogens is 1. The zero-order chi connectivity index (χ0) is 11.4. The summed E-state index contributed by atoms with van der Waals surface area (Å²) in [6.45, 7) is 0. The van der Waals surface area contributed by atoms with Gasteiger partial charge in [0.15, 0.2) is 6.29 Å². The summed E-state index contributed by atoms with van der Waals surface area (Å²) in [6.07, 6.45) is -1.28. The van der Waals surface area contributed by atoms with Gasteiger partial charge in [0, 0.05) is 18.5 Å². The molecular weight excluding hydrogens is 266 g/mol. The number of aliphatic hydroxyl groups is 1. The van der Waals surface area contributed by atoms with Gasteiger partial charge < -0.3 is 9.84 Å². The lowest BCUT2D eigenvalue weighted by Crippen LogP contribution is -2.07. The minimum Gasteiger partial charge on any atom is -0.364 e. The monoisotopic (exact) mass is 275 g/mol. The standard InChI is InChI=1S/C9H10BrNO4/c1-15-9(12)8-6(5-10)3-2-4-7(8)11(13)14/h2-4,9,12H,5H2,1H3. The van der Waals surface area contributed by atoms with Gasteiger partial charge in [-0.1, -0.05) is 28.1 Å². The molecule has 0 saturated carbocycles. The molecule has 0 aliphatic rings. The molecule has 1 atom stereocenters.